The maximum Gasteiger partial charge on any atom is 0.305 e. The number of esters is 1. The molecule has 6 N–H and O–H groups in total. The van der Waals surface area contributed by atoms with Crippen molar-refractivity contribution in [1.82, 2.24) is 6.15 Å². The van der Waals surface area contributed by atoms with Crippen LogP contribution in [0.1, 0.15) is 84.0 Å². The predicted molar refractivity (Wildman–Crippen MR) is 111 cm³/mol. The molecule has 0 aliphatic rings. The molecule has 0 amide bonds. The first-order valence-corrected chi connectivity index (χ1v) is 11.9. The van der Waals surface area contributed by atoms with Gasteiger partial charge in [-0.25, -0.2) is 0 Å². The Bertz CT molecular complexity index is 425. The highest BCUT2D eigenvalue weighted by atomic mass is 31.2. The minimum Gasteiger partial charge on any atom is -0.756 e. The molecule has 0 rings (SSSR count). The molecule has 0 saturated carbocycles. The number of carbonyl (C=O) groups is 1. The summed E-state index contributed by atoms with van der Waals surface area (Å²) in [7, 11) is -4.58. The molecule has 2 unspecified atom stereocenters. The van der Waals surface area contributed by atoms with E-state index >= 15 is 0 Å². The molecule has 29 heavy (non-hydrogen) atoms. The monoisotopic (exact) mass is 443 g/mol. The van der Waals surface area contributed by atoms with Crippen molar-refractivity contribution in [3.05, 3.63) is 0 Å². The van der Waals surface area contributed by atoms with Gasteiger partial charge in [0.2, 0.25) is 0 Å². The van der Waals surface area contributed by atoms with Crippen LogP contribution < -0.4 is 11.0 Å². The van der Waals surface area contributed by atoms with E-state index in [9.17, 15) is 14.3 Å². The van der Waals surface area contributed by atoms with Gasteiger partial charge in [0, 0.05) is 6.42 Å². The van der Waals surface area contributed by atoms with Crippen molar-refractivity contribution >= 4 is 13.8 Å². The summed E-state index contributed by atoms with van der Waals surface area (Å²) in [5.41, 5.74) is 0. The molecule has 0 aliphatic carbocycles. The number of aliphatic hydroxyl groups is 2. The van der Waals surface area contributed by atoms with Gasteiger partial charge < -0.3 is 35.0 Å². The van der Waals surface area contributed by atoms with Gasteiger partial charge in [-0.15, -0.1) is 0 Å². The lowest BCUT2D eigenvalue weighted by Crippen LogP contribution is -2.22. The van der Waals surface area contributed by atoms with E-state index in [1.165, 1.54) is 51.4 Å². The van der Waals surface area contributed by atoms with Crippen molar-refractivity contribution < 1.29 is 38.3 Å². The van der Waals surface area contributed by atoms with Gasteiger partial charge in [-0.1, -0.05) is 71.1 Å². The average Bonchev–Trinajstić information content (AvgIpc) is 2.67. The highest BCUT2D eigenvalue weighted by molar-refractivity contribution is 7.45. The van der Waals surface area contributed by atoms with Gasteiger partial charge in [0.1, 0.15) is 12.7 Å². The van der Waals surface area contributed by atoms with Crippen LogP contribution in [0.5, 0.6) is 0 Å². The van der Waals surface area contributed by atoms with Crippen LogP contribution in [-0.2, 0) is 23.1 Å². The Hall–Kier alpha value is -0.540. The lowest BCUT2D eigenvalue weighted by molar-refractivity contribution is -0.228. The maximum atomic E-state index is 11.6. The van der Waals surface area contributed by atoms with E-state index in [0.717, 1.165) is 19.3 Å². The number of carbonyl (C=O) groups excluding carboxylic acids is 1. The summed E-state index contributed by atoms with van der Waals surface area (Å²) in [4.78, 5) is 22.9. The Balaban J connectivity index is 0. The summed E-state index contributed by atoms with van der Waals surface area (Å²) >= 11 is 0. The molecule has 0 fully saturated rings. The molecule has 10 heteroatoms. The summed E-state index contributed by atoms with van der Waals surface area (Å²) in [6, 6.07) is 0. The summed E-state index contributed by atoms with van der Waals surface area (Å²) in [6.07, 6.45) is 12.2. The van der Waals surface area contributed by atoms with Crippen LogP contribution in [0, 0.1) is 0 Å². The van der Waals surface area contributed by atoms with Crippen LogP contribution in [0.25, 0.3) is 0 Å². The van der Waals surface area contributed by atoms with Crippen LogP contribution in [0.15, 0.2) is 0 Å². The van der Waals surface area contributed by atoms with Crippen molar-refractivity contribution in [1.29, 1.82) is 0 Å². The van der Waals surface area contributed by atoms with Gasteiger partial charge in [-0.3, -0.25) is 9.36 Å². The molecule has 0 spiro atoms. The maximum absolute atomic E-state index is 11.6. The van der Waals surface area contributed by atoms with Crippen LogP contribution in [0.4, 0.5) is 0 Å². The summed E-state index contributed by atoms with van der Waals surface area (Å²) in [6.45, 7) is 0.486. The molecule has 0 aliphatic heterocycles. The summed E-state index contributed by atoms with van der Waals surface area (Å²) in [5.74, 6) is -0.378. The number of unbranched alkanes of at least 4 members (excludes halogenated alkanes) is 10. The third-order valence-electron chi connectivity index (χ3n) is 4.22. The minimum atomic E-state index is -4.58. The molecule has 0 bridgehead atoms. The predicted octanol–water partition coefficient (Wildman–Crippen LogP) is 3.46. The molecular formula is C19H42NO8P. The number of phosphoric acid groups is 1. The van der Waals surface area contributed by atoms with E-state index in [2.05, 4.69) is 16.0 Å². The number of rotatable bonds is 20. The molecule has 0 radical (unpaired) electrons. The standard InChI is InChI=1S/C19H39O8P.H3N/c1-2-3-4-5-6-7-8-9-10-11-12-13-19(22)25-14-15-26-28(23,24)27-17-18(21)16-20;/h18,20-21H,2-17H2,1H3,(H,23,24);1H3. The Kier molecular flexibility index (Phi) is 21.9. The quantitative estimate of drug-likeness (QED) is 0.146. The second-order valence-electron chi connectivity index (χ2n) is 6.92. The smallest absolute Gasteiger partial charge is 0.305 e. The van der Waals surface area contributed by atoms with Crippen LogP contribution in [-0.4, -0.2) is 48.7 Å². The van der Waals surface area contributed by atoms with Gasteiger partial charge >= 0.3 is 5.97 Å². The molecule has 0 heterocycles. The van der Waals surface area contributed by atoms with E-state index in [4.69, 9.17) is 14.9 Å². The van der Waals surface area contributed by atoms with E-state index in [1.807, 2.05) is 0 Å². The van der Waals surface area contributed by atoms with Gasteiger partial charge in [0.25, 0.3) is 7.82 Å². The van der Waals surface area contributed by atoms with E-state index < -0.39 is 27.1 Å². The number of phosphoric ester groups is 1. The largest absolute Gasteiger partial charge is 0.756 e. The molecule has 0 aromatic heterocycles. The fraction of sp³-hybridized carbons (Fsp3) is 0.947. The third-order valence-corrected chi connectivity index (χ3v) is 5.18. The first kappa shape index (κ1) is 30.7. The zero-order valence-electron chi connectivity index (χ0n) is 18.2. The number of ether oxygens (including phenoxy) is 1. The van der Waals surface area contributed by atoms with E-state index in [0.29, 0.717) is 6.42 Å². The van der Waals surface area contributed by atoms with Crippen LogP contribution >= 0.6 is 7.82 Å². The number of hydrogen-bond acceptors (Lipinski definition) is 8. The van der Waals surface area contributed by atoms with Gasteiger partial charge in [0.15, 0.2) is 0 Å². The fourth-order valence-corrected chi connectivity index (χ4v) is 3.30. The first-order chi connectivity index (χ1) is 13.4. The summed E-state index contributed by atoms with van der Waals surface area (Å²) < 4.78 is 25.1. The van der Waals surface area contributed by atoms with Gasteiger partial charge in [0.05, 0.1) is 19.8 Å². The topological polar surface area (TPSA) is 162 Å². The van der Waals surface area contributed by atoms with E-state index in [-0.39, 0.29) is 25.3 Å². The van der Waals surface area contributed by atoms with E-state index in [1.54, 1.807) is 0 Å². The summed E-state index contributed by atoms with van der Waals surface area (Å²) in [5, 5.41) is 17.6. The Morgan fingerprint density at radius 3 is 1.97 bits per heavy atom. The highest BCUT2D eigenvalue weighted by Crippen LogP contribution is 2.37. The SMILES string of the molecule is CCCCCCCCCCCCCC(=O)OCCOP(=O)([O-])OCC(O)CO.[NH4+]. The van der Waals surface area contributed by atoms with Crippen molar-refractivity contribution in [2.45, 2.75) is 90.1 Å². The molecule has 9 nitrogen and oxygen atoms in total. The van der Waals surface area contributed by atoms with Crippen molar-refractivity contribution in [3.8, 4) is 0 Å². The lowest BCUT2D eigenvalue weighted by Gasteiger charge is -2.23. The minimum absolute atomic E-state index is 0. The number of hydrogen-bond donors (Lipinski definition) is 3. The lowest BCUT2D eigenvalue weighted by atomic mass is 10.1. The molecule has 2 atom stereocenters. The number of quaternary nitrogens is 1. The van der Waals surface area contributed by atoms with Crippen molar-refractivity contribution in [2.24, 2.45) is 0 Å². The Morgan fingerprint density at radius 2 is 1.45 bits per heavy atom. The highest BCUT2D eigenvalue weighted by Gasteiger charge is 2.13. The molecule has 176 valence electrons. The molecule has 0 saturated heterocycles. The Labute approximate surface area is 175 Å². The molecular weight excluding hydrogens is 401 g/mol. The van der Waals surface area contributed by atoms with Gasteiger partial charge in [-0.05, 0) is 6.42 Å². The molecule has 0 aromatic rings. The Morgan fingerprint density at radius 1 is 0.931 bits per heavy atom. The van der Waals surface area contributed by atoms with Crippen LogP contribution in [0.2, 0.25) is 0 Å². The van der Waals surface area contributed by atoms with Crippen LogP contribution in [0.3, 0.4) is 0 Å². The zero-order chi connectivity index (χ0) is 21.1. The first-order valence-electron chi connectivity index (χ1n) is 10.5. The van der Waals surface area contributed by atoms with Crippen molar-refractivity contribution in [3.63, 3.8) is 0 Å². The number of aliphatic hydroxyl groups excluding tert-OH is 2. The zero-order valence-corrected chi connectivity index (χ0v) is 19.1. The average molecular weight is 444 g/mol. The third kappa shape index (κ3) is 22.0. The fourth-order valence-electron chi connectivity index (χ4n) is 2.58. The molecule has 0 aromatic carbocycles. The van der Waals surface area contributed by atoms with Crippen molar-refractivity contribution in [2.75, 3.05) is 26.4 Å². The second-order valence-corrected chi connectivity index (χ2v) is 8.33. The second kappa shape index (κ2) is 20.7. The normalized spacial score (nSPS) is 14.1. The van der Waals surface area contributed by atoms with Gasteiger partial charge in [-0.2, -0.15) is 0 Å².